The van der Waals surface area contributed by atoms with Crippen molar-refractivity contribution in [2.24, 2.45) is 0 Å². The zero-order valence-corrected chi connectivity index (χ0v) is 10.9. The van der Waals surface area contributed by atoms with Crippen molar-refractivity contribution in [2.45, 2.75) is 50.3 Å². The van der Waals surface area contributed by atoms with Gasteiger partial charge in [-0.2, -0.15) is 0 Å². The van der Waals surface area contributed by atoms with E-state index in [1.165, 1.54) is 12.8 Å². The van der Waals surface area contributed by atoms with Gasteiger partial charge in [-0.25, -0.2) is 4.98 Å². The third-order valence-electron chi connectivity index (χ3n) is 4.27. The number of hydrogen-bond donors (Lipinski definition) is 2. The molecule has 0 saturated carbocycles. The highest BCUT2D eigenvalue weighted by Gasteiger charge is 2.44. The lowest BCUT2D eigenvalue weighted by atomic mass is 9.81. The van der Waals surface area contributed by atoms with Crippen molar-refractivity contribution < 1.29 is 9.84 Å². The van der Waals surface area contributed by atoms with E-state index in [1.54, 1.807) is 7.11 Å². The zero-order chi connectivity index (χ0) is 12.8. The molecular formula is C14H20N2O2. The number of ether oxygens (including phenoxy) is 1. The second-order valence-corrected chi connectivity index (χ2v) is 5.56. The summed E-state index contributed by atoms with van der Waals surface area (Å²) in [5, 5.41) is 14.5. The number of pyridine rings is 1. The Morgan fingerprint density at radius 2 is 2.00 bits per heavy atom. The summed E-state index contributed by atoms with van der Waals surface area (Å²) in [5.74, 6) is 0.608. The first-order valence-electron chi connectivity index (χ1n) is 6.61. The van der Waals surface area contributed by atoms with Crippen LogP contribution in [0.15, 0.2) is 12.1 Å². The van der Waals surface area contributed by atoms with Crippen LogP contribution in [0.5, 0.6) is 5.88 Å². The maximum atomic E-state index is 10.9. The van der Waals surface area contributed by atoms with Gasteiger partial charge >= 0.3 is 0 Å². The molecule has 0 aromatic carbocycles. The van der Waals surface area contributed by atoms with E-state index < -0.39 is 5.60 Å². The third-order valence-corrected chi connectivity index (χ3v) is 4.27. The smallest absolute Gasteiger partial charge is 0.213 e. The highest BCUT2D eigenvalue weighted by atomic mass is 16.5. The van der Waals surface area contributed by atoms with Gasteiger partial charge in [-0.15, -0.1) is 0 Å². The minimum atomic E-state index is -0.722. The molecule has 0 radical (unpaired) electrons. The summed E-state index contributed by atoms with van der Waals surface area (Å²) < 4.78 is 5.12. The maximum absolute atomic E-state index is 10.9. The normalized spacial score (nSPS) is 34.6. The van der Waals surface area contributed by atoms with Crippen molar-refractivity contribution in [3.8, 4) is 5.88 Å². The fourth-order valence-electron chi connectivity index (χ4n) is 3.49. The van der Waals surface area contributed by atoms with Crippen molar-refractivity contribution in [2.75, 3.05) is 7.11 Å². The predicted molar refractivity (Wildman–Crippen MR) is 68.6 cm³/mol. The predicted octanol–water partition coefficient (Wildman–Crippen LogP) is 1.50. The van der Waals surface area contributed by atoms with Crippen LogP contribution < -0.4 is 10.1 Å². The van der Waals surface area contributed by atoms with E-state index in [-0.39, 0.29) is 0 Å². The molecule has 2 N–H and O–H groups in total. The lowest BCUT2D eigenvalue weighted by Crippen LogP contribution is -2.47. The molecule has 2 atom stereocenters. The Bertz CT molecular complexity index is 449. The molecule has 2 bridgehead atoms. The molecule has 0 amide bonds. The van der Waals surface area contributed by atoms with Crippen LogP contribution >= 0.6 is 0 Å². The lowest BCUT2D eigenvalue weighted by molar-refractivity contribution is -0.0123. The Hall–Kier alpha value is -1.13. The lowest BCUT2D eigenvalue weighted by Gasteiger charge is -2.38. The van der Waals surface area contributed by atoms with Crippen molar-refractivity contribution >= 4 is 0 Å². The fraction of sp³-hybridized carbons (Fsp3) is 0.643. The van der Waals surface area contributed by atoms with Gasteiger partial charge in [-0.05, 0) is 38.7 Å². The number of rotatable bonds is 2. The average Bonchev–Trinajstić information content (AvgIpc) is 2.68. The highest BCUT2D eigenvalue weighted by molar-refractivity contribution is 5.31. The van der Waals surface area contributed by atoms with Gasteiger partial charge < -0.3 is 15.2 Å². The van der Waals surface area contributed by atoms with Crippen molar-refractivity contribution in [3.05, 3.63) is 23.4 Å². The summed E-state index contributed by atoms with van der Waals surface area (Å²) in [6.45, 7) is 1.94. The first-order valence-corrected chi connectivity index (χ1v) is 6.61. The first-order chi connectivity index (χ1) is 8.60. The zero-order valence-electron chi connectivity index (χ0n) is 10.9. The van der Waals surface area contributed by atoms with Crippen LogP contribution in [0.1, 0.15) is 36.9 Å². The van der Waals surface area contributed by atoms with E-state index in [0.29, 0.717) is 18.0 Å². The van der Waals surface area contributed by atoms with Gasteiger partial charge in [0.25, 0.3) is 0 Å². The van der Waals surface area contributed by atoms with Gasteiger partial charge in [0.05, 0.1) is 12.7 Å². The molecule has 2 unspecified atom stereocenters. The molecule has 3 rings (SSSR count). The molecule has 2 aliphatic heterocycles. The van der Waals surface area contributed by atoms with E-state index >= 15 is 0 Å². The molecule has 2 aliphatic rings. The van der Waals surface area contributed by atoms with E-state index in [0.717, 1.165) is 24.1 Å². The minimum absolute atomic E-state index is 0.454. The second-order valence-electron chi connectivity index (χ2n) is 5.56. The quantitative estimate of drug-likeness (QED) is 0.833. The van der Waals surface area contributed by atoms with Gasteiger partial charge in [0, 0.05) is 29.4 Å². The number of nitrogens with one attached hydrogen (secondary N) is 1. The molecule has 98 valence electrons. The van der Waals surface area contributed by atoms with Gasteiger partial charge in [0.2, 0.25) is 5.88 Å². The number of fused-ring (bicyclic) bond motifs is 2. The minimum Gasteiger partial charge on any atom is -0.481 e. The molecule has 0 aliphatic carbocycles. The Morgan fingerprint density at radius 1 is 1.33 bits per heavy atom. The van der Waals surface area contributed by atoms with Crippen LogP contribution in [0.2, 0.25) is 0 Å². The molecule has 2 fully saturated rings. The van der Waals surface area contributed by atoms with Crippen molar-refractivity contribution in [3.63, 3.8) is 0 Å². The molecule has 0 spiro atoms. The van der Waals surface area contributed by atoms with Crippen molar-refractivity contribution in [1.29, 1.82) is 0 Å². The summed E-state index contributed by atoms with van der Waals surface area (Å²) in [6.07, 6.45) is 3.93. The first kappa shape index (κ1) is 11.9. The monoisotopic (exact) mass is 248 g/mol. The molecule has 1 aromatic rings. The molecule has 4 nitrogen and oxygen atoms in total. The Morgan fingerprint density at radius 3 is 2.56 bits per heavy atom. The summed E-state index contributed by atoms with van der Waals surface area (Å²) in [5.41, 5.74) is 1.11. The SMILES string of the molecule is COc1ccc(C2(O)CC3CCC(C2)N3)c(C)n1. The largest absolute Gasteiger partial charge is 0.481 e. The van der Waals surface area contributed by atoms with E-state index in [2.05, 4.69) is 10.3 Å². The maximum Gasteiger partial charge on any atom is 0.213 e. The highest BCUT2D eigenvalue weighted by Crippen LogP contribution is 2.41. The number of hydrogen-bond acceptors (Lipinski definition) is 4. The Kier molecular flexibility index (Phi) is 2.79. The molecule has 3 heterocycles. The summed E-state index contributed by atoms with van der Waals surface area (Å²) in [6, 6.07) is 4.71. The standard InChI is InChI=1S/C14H20N2O2/c1-9-12(5-6-13(15-9)18-2)14(17)7-10-3-4-11(8-14)16-10/h5-6,10-11,16-17H,3-4,7-8H2,1-2H3. The number of aliphatic hydroxyl groups is 1. The molecule has 18 heavy (non-hydrogen) atoms. The molecule has 4 heteroatoms. The fourth-order valence-corrected chi connectivity index (χ4v) is 3.49. The summed E-state index contributed by atoms with van der Waals surface area (Å²) in [4.78, 5) is 4.38. The Balaban J connectivity index is 1.94. The van der Waals surface area contributed by atoms with Gasteiger partial charge in [0.15, 0.2) is 0 Å². The van der Waals surface area contributed by atoms with Crippen LogP contribution in [-0.2, 0) is 5.60 Å². The van der Waals surface area contributed by atoms with E-state index in [4.69, 9.17) is 4.74 Å². The van der Waals surface area contributed by atoms with E-state index in [9.17, 15) is 5.11 Å². The van der Waals surface area contributed by atoms with Crippen LogP contribution in [0, 0.1) is 6.92 Å². The number of aromatic nitrogens is 1. The average molecular weight is 248 g/mol. The summed E-state index contributed by atoms with van der Waals surface area (Å²) in [7, 11) is 1.61. The van der Waals surface area contributed by atoms with Gasteiger partial charge in [0.1, 0.15) is 0 Å². The third kappa shape index (κ3) is 1.89. The second kappa shape index (κ2) is 4.21. The van der Waals surface area contributed by atoms with E-state index in [1.807, 2.05) is 19.1 Å². The van der Waals surface area contributed by atoms with Gasteiger partial charge in [-0.1, -0.05) is 0 Å². The topological polar surface area (TPSA) is 54.4 Å². The van der Waals surface area contributed by atoms with Crippen LogP contribution in [0.25, 0.3) is 0 Å². The number of nitrogens with zero attached hydrogens (tertiary/aromatic N) is 1. The molecule has 2 saturated heterocycles. The molecular weight excluding hydrogens is 228 g/mol. The number of piperidine rings is 1. The number of methoxy groups -OCH3 is 1. The van der Waals surface area contributed by atoms with Gasteiger partial charge in [-0.3, -0.25) is 0 Å². The number of aryl methyl sites for hydroxylation is 1. The van der Waals surface area contributed by atoms with Crippen LogP contribution in [0.4, 0.5) is 0 Å². The van der Waals surface area contributed by atoms with Crippen LogP contribution in [0.3, 0.4) is 0 Å². The molecule has 1 aromatic heterocycles. The van der Waals surface area contributed by atoms with Crippen molar-refractivity contribution in [1.82, 2.24) is 10.3 Å². The Labute approximate surface area is 107 Å². The van der Waals surface area contributed by atoms with Crippen LogP contribution in [-0.4, -0.2) is 29.3 Å². The summed E-state index contributed by atoms with van der Waals surface area (Å²) >= 11 is 0.